The van der Waals surface area contributed by atoms with Crippen LogP contribution in [0.4, 0.5) is 11.8 Å². The Hall–Kier alpha value is -2.41. The summed E-state index contributed by atoms with van der Waals surface area (Å²) in [6.45, 7) is 8.44. The maximum atomic E-state index is 6.32. The third kappa shape index (κ3) is 5.15. The fourth-order valence-corrected chi connectivity index (χ4v) is 3.81. The molecule has 156 valence electrons. The number of pyridine rings is 1. The zero-order chi connectivity index (χ0) is 20.2. The summed E-state index contributed by atoms with van der Waals surface area (Å²) in [4.78, 5) is 15.7. The van der Waals surface area contributed by atoms with Gasteiger partial charge in [0.2, 0.25) is 5.95 Å². The highest BCUT2D eigenvalue weighted by Gasteiger charge is 2.26. The first-order chi connectivity index (χ1) is 14.1. The number of hydrogen-bond acceptors (Lipinski definition) is 7. The third-order valence-electron chi connectivity index (χ3n) is 5.70. The van der Waals surface area contributed by atoms with Crippen molar-refractivity contribution < 1.29 is 4.74 Å². The average Bonchev–Trinajstić information content (AvgIpc) is 3.56. The summed E-state index contributed by atoms with van der Waals surface area (Å²) in [5, 5.41) is 3.41. The van der Waals surface area contributed by atoms with Crippen LogP contribution in [0, 0.1) is 0 Å². The van der Waals surface area contributed by atoms with E-state index in [1.165, 1.54) is 45.2 Å². The zero-order valence-corrected chi connectivity index (χ0v) is 17.5. The van der Waals surface area contributed by atoms with Crippen LogP contribution >= 0.6 is 0 Å². The maximum absolute atomic E-state index is 6.32. The van der Waals surface area contributed by atoms with Crippen LogP contribution in [0.2, 0.25) is 0 Å². The predicted octanol–water partition coefficient (Wildman–Crippen LogP) is 4.14. The molecule has 0 atom stereocenters. The number of aromatic nitrogens is 3. The molecule has 0 amide bonds. The van der Waals surface area contributed by atoms with Gasteiger partial charge in [0.1, 0.15) is 5.75 Å². The van der Waals surface area contributed by atoms with Crippen molar-refractivity contribution in [2.75, 3.05) is 37.2 Å². The molecule has 2 aromatic rings. The first-order valence-electron chi connectivity index (χ1n) is 10.9. The molecule has 1 aliphatic heterocycles. The number of nitrogen functional groups attached to an aromatic ring is 1. The van der Waals surface area contributed by atoms with Crippen LogP contribution in [0.15, 0.2) is 18.5 Å². The molecule has 2 aromatic heterocycles. The number of nitrogens with zero attached hydrogens (tertiary/aromatic N) is 4. The van der Waals surface area contributed by atoms with Crippen molar-refractivity contribution in [3.8, 4) is 11.5 Å². The minimum Gasteiger partial charge on any atom is -0.451 e. The Morgan fingerprint density at radius 3 is 2.66 bits per heavy atom. The van der Waals surface area contributed by atoms with E-state index in [0.717, 1.165) is 30.1 Å². The molecular weight excluding hydrogens is 364 g/mol. The van der Waals surface area contributed by atoms with Crippen LogP contribution in [-0.2, 0) is 0 Å². The van der Waals surface area contributed by atoms with E-state index in [0.29, 0.717) is 23.4 Å². The number of hydrogen-bond donors (Lipinski definition) is 2. The van der Waals surface area contributed by atoms with Crippen LogP contribution in [-0.4, -0.2) is 46.0 Å². The van der Waals surface area contributed by atoms with Gasteiger partial charge in [-0.3, -0.25) is 4.98 Å². The van der Waals surface area contributed by atoms with E-state index in [1.807, 2.05) is 6.20 Å². The lowest BCUT2D eigenvalue weighted by Crippen LogP contribution is -2.33. The Labute approximate surface area is 173 Å². The van der Waals surface area contributed by atoms with Crippen molar-refractivity contribution in [2.24, 2.45) is 0 Å². The lowest BCUT2D eigenvalue weighted by Gasteiger charge is -2.26. The van der Waals surface area contributed by atoms with Crippen molar-refractivity contribution in [1.29, 1.82) is 0 Å². The largest absolute Gasteiger partial charge is 0.451 e. The van der Waals surface area contributed by atoms with Gasteiger partial charge in [-0.05, 0) is 44.7 Å². The molecule has 2 fully saturated rings. The van der Waals surface area contributed by atoms with Gasteiger partial charge >= 0.3 is 0 Å². The monoisotopic (exact) mass is 396 g/mol. The molecule has 3 heterocycles. The van der Waals surface area contributed by atoms with E-state index in [2.05, 4.69) is 45.1 Å². The Balaban J connectivity index is 1.50. The van der Waals surface area contributed by atoms with Crippen molar-refractivity contribution in [2.45, 2.75) is 57.8 Å². The van der Waals surface area contributed by atoms with Crippen LogP contribution in [0.5, 0.6) is 11.5 Å². The van der Waals surface area contributed by atoms with Gasteiger partial charge < -0.3 is 20.7 Å². The van der Waals surface area contributed by atoms with E-state index in [4.69, 9.17) is 10.5 Å². The Kier molecular flexibility index (Phi) is 6.13. The quantitative estimate of drug-likeness (QED) is 0.693. The molecule has 1 aliphatic carbocycles. The lowest BCUT2D eigenvalue weighted by atomic mass is 10.0. The van der Waals surface area contributed by atoms with Gasteiger partial charge in [-0.25, -0.2) is 4.98 Å². The fourth-order valence-electron chi connectivity index (χ4n) is 3.81. The van der Waals surface area contributed by atoms with E-state index >= 15 is 0 Å². The molecule has 1 saturated heterocycles. The topological polar surface area (TPSA) is 89.2 Å². The van der Waals surface area contributed by atoms with Gasteiger partial charge in [0.25, 0.3) is 0 Å². The van der Waals surface area contributed by atoms with Crippen molar-refractivity contribution in [1.82, 2.24) is 19.9 Å². The molecule has 0 bridgehead atoms. The van der Waals surface area contributed by atoms with E-state index in [-0.39, 0.29) is 5.95 Å². The number of piperidine rings is 1. The second-order valence-corrected chi connectivity index (χ2v) is 8.45. The summed E-state index contributed by atoms with van der Waals surface area (Å²) in [6.07, 6.45) is 9.96. The van der Waals surface area contributed by atoms with Crippen molar-refractivity contribution in [3.63, 3.8) is 0 Å². The molecule has 0 radical (unpaired) electrons. The Morgan fingerprint density at radius 1 is 1.14 bits per heavy atom. The van der Waals surface area contributed by atoms with Gasteiger partial charge in [0, 0.05) is 42.5 Å². The van der Waals surface area contributed by atoms with Gasteiger partial charge in [0.05, 0.1) is 6.20 Å². The first-order valence-corrected chi connectivity index (χ1v) is 10.9. The summed E-state index contributed by atoms with van der Waals surface area (Å²) in [6, 6.07) is 2.08. The molecule has 29 heavy (non-hydrogen) atoms. The molecule has 3 N–H and O–H groups in total. The van der Waals surface area contributed by atoms with Crippen LogP contribution < -0.4 is 15.8 Å². The molecule has 2 aliphatic rings. The SMILES string of the molecule is CC(C)c1cnc(C2CC2)cc1Oc1cnc(N)nc1NCCN1CCCCC1. The van der Waals surface area contributed by atoms with Crippen LogP contribution in [0.3, 0.4) is 0 Å². The van der Waals surface area contributed by atoms with Crippen molar-refractivity contribution in [3.05, 3.63) is 29.7 Å². The number of likely N-dealkylation sites (tertiary alicyclic amines) is 1. The van der Waals surface area contributed by atoms with E-state index < -0.39 is 0 Å². The normalized spacial score (nSPS) is 17.5. The second kappa shape index (κ2) is 8.95. The van der Waals surface area contributed by atoms with Gasteiger partial charge in [-0.1, -0.05) is 20.3 Å². The highest BCUT2D eigenvalue weighted by atomic mass is 16.5. The highest BCUT2D eigenvalue weighted by molar-refractivity contribution is 5.54. The number of nitrogens with one attached hydrogen (secondary N) is 1. The molecular formula is C22H32N6O. The summed E-state index contributed by atoms with van der Waals surface area (Å²) in [7, 11) is 0. The minimum atomic E-state index is 0.246. The minimum absolute atomic E-state index is 0.246. The number of ether oxygens (including phenoxy) is 1. The maximum Gasteiger partial charge on any atom is 0.222 e. The third-order valence-corrected chi connectivity index (χ3v) is 5.70. The Bertz CT molecular complexity index is 830. The fraction of sp³-hybridized carbons (Fsp3) is 0.591. The first kappa shape index (κ1) is 19.9. The van der Waals surface area contributed by atoms with E-state index in [9.17, 15) is 0 Å². The molecule has 7 nitrogen and oxygen atoms in total. The average molecular weight is 397 g/mol. The summed E-state index contributed by atoms with van der Waals surface area (Å²) in [5.74, 6) is 3.22. The second-order valence-electron chi connectivity index (χ2n) is 8.45. The molecule has 0 spiro atoms. The zero-order valence-electron chi connectivity index (χ0n) is 17.5. The smallest absolute Gasteiger partial charge is 0.222 e. The van der Waals surface area contributed by atoms with E-state index in [1.54, 1.807) is 6.20 Å². The molecule has 0 aromatic carbocycles. The summed E-state index contributed by atoms with van der Waals surface area (Å²) in [5.41, 5.74) is 8.05. The molecule has 0 unspecified atom stereocenters. The Morgan fingerprint density at radius 2 is 1.93 bits per heavy atom. The predicted molar refractivity (Wildman–Crippen MR) is 116 cm³/mol. The number of rotatable bonds is 8. The van der Waals surface area contributed by atoms with Gasteiger partial charge in [-0.15, -0.1) is 0 Å². The van der Waals surface area contributed by atoms with Crippen LogP contribution in [0.25, 0.3) is 0 Å². The number of anilines is 2. The van der Waals surface area contributed by atoms with Crippen LogP contribution in [0.1, 0.15) is 69.0 Å². The standard InChI is InChI=1S/C22H32N6O/c1-15(2)17-13-25-18(16-6-7-16)12-19(17)29-20-14-26-22(23)27-21(20)24-8-11-28-9-4-3-5-10-28/h12-16H,3-11H2,1-2H3,(H3,23,24,26,27). The molecule has 7 heteroatoms. The van der Waals surface area contributed by atoms with Gasteiger partial charge in [0.15, 0.2) is 11.6 Å². The summed E-state index contributed by atoms with van der Waals surface area (Å²) < 4.78 is 6.32. The summed E-state index contributed by atoms with van der Waals surface area (Å²) >= 11 is 0. The number of nitrogens with two attached hydrogens (primary N) is 1. The molecule has 4 rings (SSSR count). The molecule has 1 saturated carbocycles. The highest BCUT2D eigenvalue weighted by Crippen LogP contribution is 2.42. The lowest BCUT2D eigenvalue weighted by molar-refractivity contribution is 0.237. The van der Waals surface area contributed by atoms with Crippen molar-refractivity contribution >= 4 is 11.8 Å². The van der Waals surface area contributed by atoms with Gasteiger partial charge in [-0.2, -0.15) is 4.98 Å².